The lowest BCUT2D eigenvalue weighted by Crippen LogP contribution is -2.21. The van der Waals surface area contributed by atoms with E-state index in [1.165, 1.54) is 11.8 Å². The number of aromatic amines is 1. The van der Waals surface area contributed by atoms with Gasteiger partial charge in [-0.05, 0) is 55.6 Å². The van der Waals surface area contributed by atoms with Gasteiger partial charge in [0.1, 0.15) is 5.78 Å². The van der Waals surface area contributed by atoms with Crippen molar-refractivity contribution in [3.63, 3.8) is 0 Å². The SMILES string of the molecule is CCCCN(C)c1nc(Sc2ccc(CC(=O)C3CC3)cc2)nc(Nc2cc(C)[nH]n2)c1OC. The van der Waals surface area contributed by atoms with Gasteiger partial charge in [0, 0.05) is 42.6 Å². The van der Waals surface area contributed by atoms with Gasteiger partial charge < -0.3 is 15.0 Å². The van der Waals surface area contributed by atoms with E-state index < -0.39 is 0 Å². The molecule has 0 aliphatic heterocycles. The predicted octanol–water partition coefficient (Wildman–Crippen LogP) is 5.17. The summed E-state index contributed by atoms with van der Waals surface area (Å²) in [5, 5.41) is 11.1. The van der Waals surface area contributed by atoms with Gasteiger partial charge in [0.15, 0.2) is 22.6 Å². The molecule has 0 saturated heterocycles. The van der Waals surface area contributed by atoms with Crippen LogP contribution in [-0.4, -0.2) is 46.7 Å². The number of hydrogen-bond acceptors (Lipinski definition) is 8. The number of hydrogen-bond donors (Lipinski definition) is 2. The first-order chi connectivity index (χ1) is 16.5. The molecule has 0 spiro atoms. The molecule has 1 aliphatic carbocycles. The van der Waals surface area contributed by atoms with Crippen LogP contribution in [-0.2, 0) is 11.2 Å². The minimum atomic E-state index is 0.286. The highest BCUT2D eigenvalue weighted by molar-refractivity contribution is 7.99. The number of nitrogens with zero attached hydrogens (tertiary/aromatic N) is 4. The van der Waals surface area contributed by atoms with Crippen LogP contribution in [0.5, 0.6) is 5.75 Å². The summed E-state index contributed by atoms with van der Waals surface area (Å²) in [5.74, 6) is 3.18. The molecule has 0 bridgehead atoms. The molecule has 2 N–H and O–H groups in total. The van der Waals surface area contributed by atoms with E-state index in [-0.39, 0.29) is 5.92 Å². The second-order valence-corrected chi connectivity index (χ2v) is 9.75. The Labute approximate surface area is 204 Å². The quantitative estimate of drug-likeness (QED) is 0.343. The lowest BCUT2D eigenvalue weighted by Gasteiger charge is -2.22. The zero-order valence-electron chi connectivity index (χ0n) is 20.2. The molecule has 4 rings (SSSR count). The number of rotatable bonds is 12. The first-order valence-corrected chi connectivity index (χ1v) is 12.5. The lowest BCUT2D eigenvalue weighted by atomic mass is 10.1. The van der Waals surface area contributed by atoms with Gasteiger partial charge in [-0.2, -0.15) is 5.10 Å². The fourth-order valence-corrected chi connectivity index (χ4v) is 4.38. The molecule has 0 atom stereocenters. The summed E-state index contributed by atoms with van der Waals surface area (Å²) < 4.78 is 5.73. The molecule has 3 aromatic rings. The number of anilines is 3. The van der Waals surface area contributed by atoms with E-state index in [0.29, 0.717) is 34.7 Å². The average molecular weight is 481 g/mol. The van der Waals surface area contributed by atoms with Crippen LogP contribution in [0.15, 0.2) is 40.4 Å². The lowest BCUT2D eigenvalue weighted by molar-refractivity contribution is -0.119. The molecular formula is C25H32N6O2S. The Bertz CT molecular complexity index is 1130. The van der Waals surface area contributed by atoms with Gasteiger partial charge >= 0.3 is 0 Å². The van der Waals surface area contributed by atoms with E-state index >= 15 is 0 Å². The van der Waals surface area contributed by atoms with Crippen LogP contribution in [0.4, 0.5) is 17.5 Å². The summed E-state index contributed by atoms with van der Waals surface area (Å²) >= 11 is 1.48. The number of carbonyl (C=O) groups excluding carboxylic acids is 1. The van der Waals surface area contributed by atoms with Crippen molar-refractivity contribution in [2.24, 2.45) is 5.92 Å². The van der Waals surface area contributed by atoms with E-state index in [9.17, 15) is 4.79 Å². The smallest absolute Gasteiger partial charge is 0.204 e. The maximum absolute atomic E-state index is 12.1. The highest BCUT2D eigenvalue weighted by atomic mass is 32.2. The van der Waals surface area contributed by atoms with Gasteiger partial charge in [-0.3, -0.25) is 9.89 Å². The Hall–Kier alpha value is -3.07. The monoisotopic (exact) mass is 480 g/mol. The number of ether oxygens (including phenoxy) is 1. The third kappa shape index (κ3) is 6.08. The number of Topliss-reactive ketones (excluding diaryl/α,β-unsaturated/α-hetero) is 1. The number of aromatic nitrogens is 4. The summed E-state index contributed by atoms with van der Waals surface area (Å²) in [6.07, 6.45) is 4.74. The molecule has 1 fully saturated rings. The molecule has 1 saturated carbocycles. The molecule has 9 heteroatoms. The Kier molecular flexibility index (Phi) is 7.72. The van der Waals surface area contributed by atoms with Crippen LogP contribution < -0.4 is 15.0 Å². The van der Waals surface area contributed by atoms with Crippen LogP contribution in [0.1, 0.15) is 43.9 Å². The van der Waals surface area contributed by atoms with Crippen LogP contribution in [0.3, 0.4) is 0 Å². The fourth-order valence-electron chi connectivity index (χ4n) is 3.63. The average Bonchev–Trinajstić information content (AvgIpc) is 3.61. The maximum Gasteiger partial charge on any atom is 0.204 e. The number of ketones is 1. The number of methoxy groups -OCH3 is 1. The highest BCUT2D eigenvalue weighted by Gasteiger charge is 2.29. The summed E-state index contributed by atoms with van der Waals surface area (Å²) in [7, 11) is 3.65. The van der Waals surface area contributed by atoms with Crippen LogP contribution in [0, 0.1) is 12.8 Å². The van der Waals surface area contributed by atoms with Gasteiger partial charge in [-0.15, -0.1) is 0 Å². The molecule has 1 aliphatic rings. The standard InChI is InChI=1S/C25H32N6O2S/c1-5-6-13-31(3)24-22(33-4)23(26-21-14-16(2)29-30-21)27-25(28-24)34-19-11-7-17(8-12-19)15-20(32)18-9-10-18/h7-8,11-12,14,18H,5-6,9-10,13,15H2,1-4H3,(H2,26,27,28,29,30). The molecule has 180 valence electrons. The molecule has 0 unspecified atom stereocenters. The van der Waals surface area contributed by atoms with Crippen LogP contribution in [0.2, 0.25) is 0 Å². The third-order valence-corrected chi connectivity index (χ3v) is 6.61. The number of aryl methyl sites for hydroxylation is 1. The minimum absolute atomic E-state index is 0.286. The Morgan fingerprint density at radius 3 is 2.65 bits per heavy atom. The number of benzene rings is 1. The molecule has 0 radical (unpaired) electrons. The first kappa shape index (κ1) is 24.1. The molecule has 0 amide bonds. The van der Waals surface area contributed by atoms with Crippen molar-refractivity contribution in [1.29, 1.82) is 0 Å². The molecule has 2 heterocycles. The second-order valence-electron chi connectivity index (χ2n) is 8.71. The fraction of sp³-hybridized carbons (Fsp3) is 0.440. The largest absolute Gasteiger partial charge is 0.490 e. The number of carbonyl (C=O) groups is 1. The summed E-state index contributed by atoms with van der Waals surface area (Å²) in [6.45, 7) is 4.97. The van der Waals surface area contributed by atoms with Crippen molar-refractivity contribution >= 4 is 35.0 Å². The van der Waals surface area contributed by atoms with E-state index in [1.54, 1.807) is 7.11 Å². The number of unbranched alkanes of at least 4 members (excludes halogenated alkanes) is 1. The topological polar surface area (TPSA) is 96.0 Å². The highest BCUT2D eigenvalue weighted by Crippen LogP contribution is 2.38. The summed E-state index contributed by atoms with van der Waals surface area (Å²) in [6, 6.07) is 10.0. The van der Waals surface area contributed by atoms with E-state index in [4.69, 9.17) is 14.7 Å². The minimum Gasteiger partial charge on any atom is -0.490 e. The number of nitrogens with one attached hydrogen (secondary N) is 2. The van der Waals surface area contributed by atoms with E-state index in [0.717, 1.165) is 54.2 Å². The first-order valence-electron chi connectivity index (χ1n) is 11.7. The number of H-pyrrole nitrogens is 1. The summed E-state index contributed by atoms with van der Waals surface area (Å²) in [5.41, 5.74) is 2.00. The van der Waals surface area contributed by atoms with Crippen molar-refractivity contribution in [2.45, 2.75) is 56.0 Å². The Balaban J connectivity index is 1.59. The molecular weight excluding hydrogens is 448 g/mol. The van der Waals surface area contributed by atoms with Crippen molar-refractivity contribution in [3.05, 3.63) is 41.6 Å². The van der Waals surface area contributed by atoms with Gasteiger partial charge in [0.2, 0.25) is 5.75 Å². The normalized spacial score (nSPS) is 13.1. The maximum atomic E-state index is 12.1. The van der Waals surface area contributed by atoms with Crippen molar-refractivity contribution < 1.29 is 9.53 Å². The van der Waals surface area contributed by atoms with Gasteiger partial charge in [-0.1, -0.05) is 25.5 Å². The van der Waals surface area contributed by atoms with Crippen molar-refractivity contribution in [3.8, 4) is 5.75 Å². The molecule has 8 nitrogen and oxygen atoms in total. The van der Waals surface area contributed by atoms with E-state index in [1.807, 2.05) is 44.3 Å². The summed E-state index contributed by atoms with van der Waals surface area (Å²) in [4.78, 5) is 24.8. The predicted molar refractivity (Wildman–Crippen MR) is 135 cm³/mol. The van der Waals surface area contributed by atoms with Crippen molar-refractivity contribution in [2.75, 3.05) is 30.9 Å². The van der Waals surface area contributed by atoms with Gasteiger partial charge in [0.25, 0.3) is 0 Å². The third-order valence-electron chi connectivity index (χ3n) is 5.74. The van der Waals surface area contributed by atoms with Crippen LogP contribution in [0.25, 0.3) is 0 Å². The molecule has 34 heavy (non-hydrogen) atoms. The molecule has 1 aromatic carbocycles. The second kappa shape index (κ2) is 10.9. The van der Waals surface area contributed by atoms with Gasteiger partial charge in [-0.25, -0.2) is 9.97 Å². The van der Waals surface area contributed by atoms with Crippen LogP contribution >= 0.6 is 11.8 Å². The Morgan fingerprint density at radius 1 is 1.26 bits per heavy atom. The van der Waals surface area contributed by atoms with Gasteiger partial charge in [0.05, 0.1) is 7.11 Å². The van der Waals surface area contributed by atoms with E-state index in [2.05, 4.69) is 27.3 Å². The molecule has 2 aromatic heterocycles. The zero-order valence-corrected chi connectivity index (χ0v) is 21.0. The Morgan fingerprint density at radius 2 is 2.03 bits per heavy atom. The zero-order chi connectivity index (χ0) is 24.1. The van der Waals surface area contributed by atoms with Crippen molar-refractivity contribution in [1.82, 2.24) is 20.2 Å².